The topological polar surface area (TPSA) is 81.8 Å². The van der Waals surface area contributed by atoms with E-state index in [9.17, 15) is 14.9 Å². The second kappa shape index (κ2) is 6.42. The van der Waals surface area contributed by atoms with E-state index in [1.165, 1.54) is 24.3 Å². The molecule has 0 aliphatic rings. The number of nitro groups is 1. The van der Waals surface area contributed by atoms with Crippen molar-refractivity contribution in [2.75, 3.05) is 0 Å². The van der Waals surface area contributed by atoms with Crippen LogP contribution in [0.15, 0.2) is 59.8 Å². The lowest BCUT2D eigenvalue weighted by molar-refractivity contribution is -0.384. The second-order valence-corrected chi connectivity index (χ2v) is 4.23. The van der Waals surface area contributed by atoms with Crippen LogP contribution < -0.4 is 0 Å². The summed E-state index contributed by atoms with van der Waals surface area (Å²) in [4.78, 5) is 26.6. The molecule has 0 amide bonds. The summed E-state index contributed by atoms with van der Waals surface area (Å²) in [6.45, 7) is 1.72. The summed E-state index contributed by atoms with van der Waals surface area (Å²) >= 11 is 0. The molecule has 106 valence electrons. The van der Waals surface area contributed by atoms with Gasteiger partial charge in [0, 0.05) is 12.1 Å². The van der Waals surface area contributed by atoms with Crippen molar-refractivity contribution in [1.82, 2.24) is 0 Å². The van der Waals surface area contributed by atoms with Gasteiger partial charge < -0.3 is 4.84 Å². The van der Waals surface area contributed by atoms with Gasteiger partial charge in [0.25, 0.3) is 5.69 Å². The SMILES string of the molecule is C/C(=N/OC(=O)c1ccc([N+](=O)[O-])cc1)c1ccccc1. The molecule has 0 aliphatic carbocycles. The standard InChI is InChI=1S/C15H12N2O4/c1-11(12-5-3-2-4-6-12)16-21-15(18)13-7-9-14(10-8-13)17(19)20/h2-10H,1H3/b16-11-. The Morgan fingerprint density at radius 2 is 1.67 bits per heavy atom. The van der Waals surface area contributed by atoms with Crippen molar-refractivity contribution in [3.63, 3.8) is 0 Å². The zero-order valence-electron chi connectivity index (χ0n) is 11.2. The number of hydrogen-bond acceptors (Lipinski definition) is 5. The number of non-ortho nitro benzene ring substituents is 1. The minimum Gasteiger partial charge on any atom is -0.313 e. The summed E-state index contributed by atoms with van der Waals surface area (Å²) in [7, 11) is 0. The minimum absolute atomic E-state index is 0.0875. The fourth-order valence-electron chi connectivity index (χ4n) is 1.61. The van der Waals surface area contributed by atoms with Crippen molar-refractivity contribution >= 4 is 17.4 Å². The van der Waals surface area contributed by atoms with Gasteiger partial charge in [-0.25, -0.2) is 4.79 Å². The molecular formula is C15H12N2O4. The van der Waals surface area contributed by atoms with Crippen LogP contribution in [0.2, 0.25) is 0 Å². The normalized spacial score (nSPS) is 11.0. The van der Waals surface area contributed by atoms with Gasteiger partial charge >= 0.3 is 5.97 Å². The number of rotatable bonds is 4. The molecule has 0 spiro atoms. The van der Waals surface area contributed by atoms with E-state index >= 15 is 0 Å². The van der Waals surface area contributed by atoms with Crippen LogP contribution in [0.25, 0.3) is 0 Å². The van der Waals surface area contributed by atoms with Crippen LogP contribution in [-0.2, 0) is 4.84 Å². The van der Waals surface area contributed by atoms with E-state index in [0.29, 0.717) is 5.71 Å². The summed E-state index contributed by atoms with van der Waals surface area (Å²) in [6, 6.07) is 14.4. The molecule has 6 nitrogen and oxygen atoms in total. The summed E-state index contributed by atoms with van der Waals surface area (Å²) in [5.74, 6) is -0.667. The zero-order chi connectivity index (χ0) is 15.2. The first-order valence-corrected chi connectivity index (χ1v) is 6.14. The fourth-order valence-corrected chi connectivity index (χ4v) is 1.61. The maximum atomic E-state index is 11.8. The molecule has 2 rings (SSSR count). The monoisotopic (exact) mass is 284 g/mol. The van der Waals surface area contributed by atoms with E-state index < -0.39 is 10.9 Å². The molecule has 0 unspecified atom stereocenters. The predicted molar refractivity (Wildman–Crippen MR) is 77.2 cm³/mol. The molecule has 0 atom stereocenters. The molecule has 0 radical (unpaired) electrons. The Bertz CT molecular complexity index is 679. The number of benzene rings is 2. The molecule has 6 heteroatoms. The Morgan fingerprint density at radius 3 is 2.24 bits per heavy atom. The highest BCUT2D eigenvalue weighted by Gasteiger charge is 2.10. The smallest absolute Gasteiger partial charge is 0.313 e. The highest BCUT2D eigenvalue weighted by molar-refractivity contribution is 5.99. The third-order valence-electron chi connectivity index (χ3n) is 2.77. The highest BCUT2D eigenvalue weighted by atomic mass is 16.7. The van der Waals surface area contributed by atoms with Gasteiger partial charge in [-0.3, -0.25) is 10.1 Å². The largest absolute Gasteiger partial charge is 0.365 e. The number of nitro benzene ring substituents is 1. The van der Waals surface area contributed by atoms with E-state index in [0.717, 1.165) is 5.56 Å². The first-order chi connectivity index (χ1) is 10.1. The van der Waals surface area contributed by atoms with Crippen LogP contribution in [0.3, 0.4) is 0 Å². The Hall–Kier alpha value is -3.02. The molecule has 0 saturated heterocycles. The Balaban J connectivity index is 2.06. The van der Waals surface area contributed by atoms with Crippen molar-refractivity contribution in [1.29, 1.82) is 0 Å². The quantitative estimate of drug-likeness (QED) is 0.373. The third kappa shape index (κ3) is 3.73. The molecule has 0 aromatic heterocycles. The van der Waals surface area contributed by atoms with Gasteiger partial charge in [0.2, 0.25) is 0 Å². The Kier molecular flexibility index (Phi) is 4.40. The average Bonchev–Trinajstić information content (AvgIpc) is 2.53. The summed E-state index contributed by atoms with van der Waals surface area (Å²) in [6.07, 6.45) is 0. The van der Waals surface area contributed by atoms with Gasteiger partial charge in [-0.1, -0.05) is 35.5 Å². The van der Waals surface area contributed by atoms with Gasteiger partial charge in [-0.15, -0.1) is 0 Å². The minimum atomic E-state index is -0.667. The van der Waals surface area contributed by atoms with Gasteiger partial charge in [-0.2, -0.15) is 0 Å². The van der Waals surface area contributed by atoms with E-state index in [1.54, 1.807) is 6.92 Å². The lowest BCUT2D eigenvalue weighted by Crippen LogP contribution is -2.04. The van der Waals surface area contributed by atoms with E-state index in [2.05, 4.69) is 5.16 Å². The molecule has 0 saturated carbocycles. The van der Waals surface area contributed by atoms with E-state index in [-0.39, 0.29) is 11.3 Å². The summed E-state index contributed by atoms with van der Waals surface area (Å²) in [5, 5.41) is 14.3. The van der Waals surface area contributed by atoms with Gasteiger partial charge in [-0.05, 0) is 24.6 Å². The van der Waals surface area contributed by atoms with Crippen LogP contribution >= 0.6 is 0 Å². The van der Waals surface area contributed by atoms with Crippen molar-refractivity contribution in [3.8, 4) is 0 Å². The second-order valence-electron chi connectivity index (χ2n) is 4.23. The average molecular weight is 284 g/mol. The molecule has 0 heterocycles. The molecule has 21 heavy (non-hydrogen) atoms. The molecule has 2 aromatic rings. The lowest BCUT2D eigenvalue weighted by atomic mass is 10.1. The van der Waals surface area contributed by atoms with Crippen LogP contribution in [-0.4, -0.2) is 16.6 Å². The summed E-state index contributed by atoms with van der Waals surface area (Å²) in [5.41, 5.74) is 1.51. The van der Waals surface area contributed by atoms with Crippen LogP contribution in [0.1, 0.15) is 22.8 Å². The van der Waals surface area contributed by atoms with Crippen LogP contribution in [0, 0.1) is 10.1 Å². The van der Waals surface area contributed by atoms with Crippen molar-refractivity contribution in [2.45, 2.75) is 6.92 Å². The molecule has 0 bridgehead atoms. The van der Waals surface area contributed by atoms with Crippen molar-refractivity contribution in [3.05, 3.63) is 75.8 Å². The lowest BCUT2D eigenvalue weighted by Gasteiger charge is -2.01. The Morgan fingerprint density at radius 1 is 1.05 bits per heavy atom. The molecule has 0 N–H and O–H groups in total. The van der Waals surface area contributed by atoms with E-state index in [4.69, 9.17) is 4.84 Å². The number of oxime groups is 1. The number of carbonyl (C=O) groups excluding carboxylic acids is 1. The van der Waals surface area contributed by atoms with Crippen LogP contribution in [0.5, 0.6) is 0 Å². The van der Waals surface area contributed by atoms with Crippen molar-refractivity contribution < 1.29 is 14.6 Å². The Labute approximate surface area is 120 Å². The number of carbonyl (C=O) groups is 1. The summed E-state index contributed by atoms with van der Waals surface area (Å²) < 4.78 is 0. The zero-order valence-corrected chi connectivity index (χ0v) is 11.2. The van der Waals surface area contributed by atoms with Crippen molar-refractivity contribution in [2.24, 2.45) is 5.16 Å². The van der Waals surface area contributed by atoms with Gasteiger partial charge in [0.1, 0.15) is 0 Å². The first-order valence-electron chi connectivity index (χ1n) is 6.14. The molecule has 0 aliphatic heterocycles. The predicted octanol–water partition coefficient (Wildman–Crippen LogP) is 3.18. The number of hydrogen-bond donors (Lipinski definition) is 0. The highest BCUT2D eigenvalue weighted by Crippen LogP contribution is 2.13. The maximum Gasteiger partial charge on any atom is 0.365 e. The molecule has 2 aromatic carbocycles. The van der Waals surface area contributed by atoms with Gasteiger partial charge in [0.15, 0.2) is 0 Å². The third-order valence-corrected chi connectivity index (χ3v) is 2.77. The van der Waals surface area contributed by atoms with Gasteiger partial charge in [0.05, 0.1) is 16.2 Å². The fraction of sp³-hybridized carbons (Fsp3) is 0.0667. The van der Waals surface area contributed by atoms with E-state index in [1.807, 2.05) is 30.3 Å². The first kappa shape index (κ1) is 14.4. The van der Waals surface area contributed by atoms with Crippen LogP contribution in [0.4, 0.5) is 5.69 Å². The molecule has 0 fully saturated rings. The number of nitrogens with zero attached hydrogens (tertiary/aromatic N) is 2. The maximum absolute atomic E-state index is 11.8. The molecular weight excluding hydrogens is 272 g/mol.